The monoisotopic (exact) mass is 458 g/mol. The third-order valence-electron chi connectivity index (χ3n) is 4.98. The van der Waals surface area contributed by atoms with Gasteiger partial charge >= 0.3 is 0 Å². The third kappa shape index (κ3) is 5.11. The van der Waals surface area contributed by atoms with Gasteiger partial charge in [0.1, 0.15) is 12.4 Å². The van der Waals surface area contributed by atoms with Gasteiger partial charge in [0.25, 0.3) is 0 Å². The first-order chi connectivity index (χ1) is 14.6. The zero-order valence-electron chi connectivity index (χ0n) is 16.2. The molecule has 0 bridgehead atoms. The quantitative estimate of drug-likeness (QED) is 0.277. The molecule has 0 aliphatic heterocycles. The molecule has 3 aromatic carbocycles. The van der Waals surface area contributed by atoms with Crippen LogP contribution in [-0.2, 0) is 19.6 Å². The van der Waals surface area contributed by atoms with Gasteiger partial charge in [-0.15, -0.1) is 0 Å². The lowest BCUT2D eigenvalue weighted by molar-refractivity contribution is 0.302. The SMILES string of the molecule is Clc1ccc(COc2ccc(Cl)cc2CNCCc2c[nH]c3ccccc23)c(Cl)c1. The summed E-state index contributed by atoms with van der Waals surface area (Å²) in [6, 6.07) is 19.4. The second-order valence-electron chi connectivity index (χ2n) is 7.06. The van der Waals surface area contributed by atoms with Crippen molar-refractivity contribution in [2.45, 2.75) is 19.6 Å². The second-order valence-corrected chi connectivity index (χ2v) is 8.34. The van der Waals surface area contributed by atoms with Crippen molar-refractivity contribution in [3.05, 3.63) is 98.6 Å². The fourth-order valence-corrected chi connectivity index (χ4v) is 4.06. The number of para-hydroxylation sites is 1. The molecule has 0 atom stereocenters. The lowest BCUT2D eigenvalue weighted by Crippen LogP contribution is -2.17. The number of aromatic amines is 1. The van der Waals surface area contributed by atoms with Crippen molar-refractivity contribution in [1.82, 2.24) is 10.3 Å². The van der Waals surface area contributed by atoms with Gasteiger partial charge in [-0.25, -0.2) is 0 Å². The van der Waals surface area contributed by atoms with Crippen LogP contribution in [0.1, 0.15) is 16.7 Å². The molecule has 0 spiro atoms. The highest BCUT2D eigenvalue weighted by atomic mass is 35.5. The molecule has 4 rings (SSSR count). The fraction of sp³-hybridized carbons (Fsp3) is 0.167. The van der Waals surface area contributed by atoms with E-state index in [4.69, 9.17) is 39.5 Å². The van der Waals surface area contributed by atoms with Gasteiger partial charge in [-0.3, -0.25) is 0 Å². The molecule has 2 N–H and O–H groups in total. The summed E-state index contributed by atoms with van der Waals surface area (Å²) in [6.45, 7) is 1.86. The molecule has 154 valence electrons. The van der Waals surface area contributed by atoms with Gasteiger partial charge in [-0.1, -0.05) is 59.1 Å². The summed E-state index contributed by atoms with van der Waals surface area (Å²) in [5, 5.41) is 6.64. The first-order valence-corrected chi connectivity index (χ1v) is 10.8. The van der Waals surface area contributed by atoms with Crippen LogP contribution in [0.25, 0.3) is 10.9 Å². The van der Waals surface area contributed by atoms with Crippen LogP contribution in [0.5, 0.6) is 5.75 Å². The topological polar surface area (TPSA) is 37.0 Å². The summed E-state index contributed by atoms with van der Waals surface area (Å²) >= 11 is 18.4. The molecule has 0 saturated carbocycles. The standard InChI is InChI=1S/C24H21Cl3N2O/c25-19-7-8-24(30-15-17-5-6-20(26)12-22(17)27)18(11-19)13-28-10-9-16-14-29-23-4-2-1-3-21(16)23/h1-8,11-12,14,28-29H,9-10,13,15H2. The van der Waals surface area contributed by atoms with E-state index in [-0.39, 0.29) is 0 Å². The second kappa shape index (κ2) is 9.76. The Morgan fingerprint density at radius 2 is 1.63 bits per heavy atom. The molecule has 0 radical (unpaired) electrons. The summed E-state index contributed by atoms with van der Waals surface area (Å²) in [7, 11) is 0. The molecular weight excluding hydrogens is 439 g/mol. The van der Waals surface area contributed by atoms with Gasteiger partial charge in [0.2, 0.25) is 0 Å². The lowest BCUT2D eigenvalue weighted by Gasteiger charge is -2.14. The van der Waals surface area contributed by atoms with Crippen molar-refractivity contribution < 1.29 is 4.74 Å². The maximum atomic E-state index is 6.25. The van der Waals surface area contributed by atoms with Gasteiger partial charge in [0.05, 0.1) is 0 Å². The number of rotatable bonds is 8. The van der Waals surface area contributed by atoms with Crippen LogP contribution >= 0.6 is 34.8 Å². The molecule has 0 aliphatic carbocycles. The zero-order valence-corrected chi connectivity index (χ0v) is 18.5. The first kappa shape index (κ1) is 21.1. The Labute approximate surface area is 190 Å². The number of H-pyrrole nitrogens is 1. The van der Waals surface area contributed by atoms with E-state index in [0.717, 1.165) is 29.8 Å². The van der Waals surface area contributed by atoms with Crippen LogP contribution in [0.3, 0.4) is 0 Å². The van der Waals surface area contributed by atoms with Crippen LogP contribution in [-0.4, -0.2) is 11.5 Å². The number of benzene rings is 3. The maximum Gasteiger partial charge on any atom is 0.124 e. The third-order valence-corrected chi connectivity index (χ3v) is 5.80. The first-order valence-electron chi connectivity index (χ1n) is 9.71. The Bertz CT molecular complexity index is 1160. The average molecular weight is 460 g/mol. The largest absolute Gasteiger partial charge is 0.489 e. The van der Waals surface area contributed by atoms with Crippen molar-refractivity contribution in [3.8, 4) is 5.75 Å². The molecule has 0 aliphatic rings. The van der Waals surface area contributed by atoms with E-state index in [1.54, 1.807) is 12.1 Å². The molecule has 0 amide bonds. The molecule has 4 aromatic rings. The number of hydrogen-bond acceptors (Lipinski definition) is 2. The summed E-state index contributed by atoms with van der Waals surface area (Å²) in [5.74, 6) is 0.782. The summed E-state index contributed by atoms with van der Waals surface area (Å²) in [4.78, 5) is 3.32. The normalized spacial score (nSPS) is 11.2. The van der Waals surface area contributed by atoms with E-state index in [9.17, 15) is 0 Å². The van der Waals surface area contributed by atoms with Gasteiger partial charge in [-0.2, -0.15) is 0 Å². The Kier molecular flexibility index (Phi) is 6.86. The molecule has 1 aromatic heterocycles. The number of hydrogen-bond donors (Lipinski definition) is 2. The summed E-state index contributed by atoms with van der Waals surface area (Å²) in [5.41, 5.74) is 4.36. The molecule has 0 saturated heterocycles. The van der Waals surface area contributed by atoms with E-state index >= 15 is 0 Å². The predicted octanol–water partition coefficient (Wildman–Crippen LogP) is 7.04. The zero-order chi connectivity index (χ0) is 20.9. The molecule has 0 fully saturated rings. The van der Waals surface area contributed by atoms with Crippen molar-refractivity contribution in [1.29, 1.82) is 0 Å². The van der Waals surface area contributed by atoms with E-state index in [0.29, 0.717) is 28.2 Å². The Hall–Kier alpha value is -2.17. The number of halogens is 3. The molecule has 30 heavy (non-hydrogen) atoms. The highest BCUT2D eigenvalue weighted by molar-refractivity contribution is 6.35. The highest BCUT2D eigenvalue weighted by Crippen LogP contribution is 2.26. The number of ether oxygens (including phenoxy) is 1. The minimum absolute atomic E-state index is 0.361. The minimum Gasteiger partial charge on any atom is -0.489 e. The summed E-state index contributed by atoms with van der Waals surface area (Å²) in [6.07, 6.45) is 3.01. The van der Waals surface area contributed by atoms with Crippen LogP contribution in [0.15, 0.2) is 66.9 Å². The molecule has 0 unspecified atom stereocenters. The van der Waals surface area contributed by atoms with Gasteiger partial charge in [0, 0.05) is 49.8 Å². The van der Waals surface area contributed by atoms with Gasteiger partial charge in [-0.05, 0) is 54.9 Å². The number of nitrogens with one attached hydrogen (secondary N) is 2. The Morgan fingerprint density at radius 1 is 0.833 bits per heavy atom. The average Bonchev–Trinajstić information content (AvgIpc) is 3.15. The van der Waals surface area contributed by atoms with Gasteiger partial charge in [0.15, 0.2) is 0 Å². The van der Waals surface area contributed by atoms with Gasteiger partial charge < -0.3 is 15.0 Å². The van der Waals surface area contributed by atoms with Crippen molar-refractivity contribution >= 4 is 45.7 Å². The Morgan fingerprint density at radius 3 is 2.50 bits per heavy atom. The van der Waals surface area contributed by atoms with Crippen molar-refractivity contribution in [3.63, 3.8) is 0 Å². The van der Waals surface area contributed by atoms with Crippen molar-refractivity contribution in [2.24, 2.45) is 0 Å². The number of fused-ring (bicyclic) bond motifs is 1. The Balaban J connectivity index is 1.37. The molecule has 1 heterocycles. The molecule has 3 nitrogen and oxygen atoms in total. The molecule has 6 heteroatoms. The molecular formula is C24H21Cl3N2O. The fourth-order valence-electron chi connectivity index (χ4n) is 3.41. The summed E-state index contributed by atoms with van der Waals surface area (Å²) < 4.78 is 6.03. The highest BCUT2D eigenvalue weighted by Gasteiger charge is 2.08. The van der Waals surface area contributed by atoms with Crippen LogP contribution in [0, 0.1) is 0 Å². The van der Waals surface area contributed by atoms with E-state index in [2.05, 4.69) is 34.7 Å². The van der Waals surface area contributed by atoms with E-state index in [1.807, 2.05) is 30.3 Å². The van der Waals surface area contributed by atoms with E-state index in [1.165, 1.54) is 16.5 Å². The number of aromatic nitrogens is 1. The van der Waals surface area contributed by atoms with Crippen LogP contribution in [0.4, 0.5) is 0 Å². The lowest BCUT2D eigenvalue weighted by atomic mass is 10.1. The van der Waals surface area contributed by atoms with Crippen LogP contribution in [0.2, 0.25) is 15.1 Å². The maximum absolute atomic E-state index is 6.25. The van der Waals surface area contributed by atoms with Crippen LogP contribution < -0.4 is 10.1 Å². The minimum atomic E-state index is 0.361. The van der Waals surface area contributed by atoms with E-state index < -0.39 is 0 Å². The predicted molar refractivity (Wildman–Crippen MR) is 126 cm³/mol. The smallest absolute Gasteiger partial charge is 0.124 e. The van der Waals surface area contributed by atoms with Crippen molar-refractivity contribution in [2.75, 3.05) is 6.54 Å².